The molecule has 2 aromatic heterocycles. The standard InChI is InChI=1S/C13H11N3O2S/c1-7-3-4-9(8(2)5-7)10-6-19-13-15-14-11(12(17)18)16(10)13/h3-6H,1-2H3,(H,17,18). The largest absolute Gasteiger partial charge is 0.475 e. The van der Waals surface area contributed by atoms with E-state index in [1.54, 1.807) is 4.40 Å². The first-order valence-corrected chi connectivity index (χ1v) is 6.59. The maximum Gasteiger partial charge on any atom is 0.374 e. The molecule has 0 aliphatic heterocycles. The molecular weight excluding hydrogens is 262 g/mol. The lowest BCUT2D eigenvalue weighted by molar-refractivity contribution is 0.0682. The first-order chi connectivity index (χ1) is 9.08. The topological polar surface area (TPSA) is 67.5 Å². The lowest BCUT2D eigenvalue weighted by Crippen LogP contribution is -2.04. The van der Waals surface area contributed by atoms with Gasteiger partial charge in [0.15, 0.2) is 0 Å². The Morgan fingerprint density at radius 1 is 1.32 bits per heavy atom. The molecule has 0 saturated heterocycles. The number of thiazole rings is 1. The van der Waals surface area contributed by atoms with E-state index in [-0.39, 0.29) is 5.82 Å². The molecular formula is C13H11N3O2S. The summed E-state index contributed by atoms with van der Waals surface area (Å²) in [6, 6.07) is 6.08. The zero-order chi connectivity index (χ0) is 13.6. The second-order valence-corrected chi connectivity index (χ2v) is 5.22. The lowest BCUT2D eigenvalue weighted by Gasteiger charge is -2.06. The predicted octanol–water partition coefficient (Wildman–Crippen LogP) is 2.77. The first kappa shape index (κ1) is 11.9. The fourth-order valence-corrected chi connectivity index (χ4v) is 2.98. The van der Waals surface area contributed by atoms with Crippen LogP contribution in [0.25, 0.3) is 16.2 Å². The number of carboxylic acid groups (broad SMARTS) is 1. The summed E-state index contributed by atoms with van der Waals surface area (Å²) in [7, 11) is 0. The van der Waals surface area contributed by atoms with Gasteiger partial charge in [0.2, 0.25) is 10.8 Å². The number of fused-ring (bicyclic) bond motifs is 1. The normalized spacial score (nSPS) is 11.1. The minimum Gasteiger partial charge on any atom is -0.475 e. The Morgan fingerprint density at radius 3 is 2.79 bits per heavy atom. The van der Waals surface area contributed by atoms with Gasteiger partial charge in [-0.05, 0) is 19.4 Å². The Kier molecular flexibility index (Phi) is 2.60. The van der Waals surface area contributed by atoms with Crippen LogP contribution in [0.3, 0.4) is 0 Å². The Balaban J connectivity index is 2.30. The number of aromatic nitrogens is 3. The number of hydrogen-bond donors (Lipinski definition) is 1. The molecule has 96 valence electrons. The number of benzene rings is 1. The van der Waals surface area contributed by atoms with E-state index in [4.69, 9.17) is 5.11 Å². The van der Waals surface area contributed by atoms with Crippen LogP contribution < -0.4 is 0 Å². The monoisotopic (exact) mass is 273 g/mol. The van der Waals surface area contributed by atoms with Gasteiger partial charge in [-0.1, -0.05) is 23.8 Å². The van der Waals surface area contributed by atoms with Crippen molar-refractivity contribution in [3.63, 3.8) is 0 Å². The highest BCUT2D eigenvalue weighted by Gasteiger charge is 2.18. The van der Waals surface area contributed by atoms with E-state index in [1.807, 2.05) is 31.4 Å². The maximum absolute atomic E-state index is 11.2. The molecule has 5 nitrogen and oxygen atoms in total. The molecule has 0 fully saturated rings. The molecule has 19 heavy (non-hydrogen) atoms. The van der Waals surface area contributed by atoms with Crippen LogP contribution in [0.15, 0.2) is 23.6 Å². The van der Waals surface area contributed by atoms with Gasteiger partial charge in [0, 0.05) is 10.9 Å². The van der Waals surface area contributed by atoms with Gasteiger partial charge in [-0.2, -0.15) is 0 Å². The molecule has 0 atom stereocenters. The van der Waals surface area contributed by atoms with Crippen molar-refractivity contribution >= 4 is 22.3 Å². The second kappa shape index (κ2) is 4.17. The SMILES string of the molecule is Cc1ccc(-c2csc3nnc(C(=O)O)n23)c(C)c1. The van der Waals surface area contributed by atoms with Crippen molar-refractivity contribution in [1.82, 2.24) is 14.6 Å². The highest BCUT2D eigenvalue weighted by atomic mass is 32.1. The maximum atomic E-state index is 11.2. The van der Waals surface area contributed by atoms with Crippen LogP contribution in [0.5, 0.6) is 0 Å². The molecule has 0 aliphatic rings. The third-order valence-electron chi connectivity index (χ3n) is 3.00. The average molecular weight is 273 g/mol. The molecule has 3 rings (SSSR count). The van der Waals surface area contributed by atoms with Gasteiger partial charge in [-0.3, -0.25) is 4.40 Å². The molecule has 0 bridgehead atoms. The Bertz CT molecular complexity index is 788. The zero-order valence-electron chi connectivity index (χ0n) is 10.4. The number of aryl methyl sites for hydroxylation is 2. The predicted molar refractivity (Wildman–Crippen MR) is 72.7 cm³/mol. The summed E-state index contributed by atoms with van der Waals surface area (Å²) in [6.07, 6.45) is 0. The number of nitrogens with zero attached hydrogens (tertiary/aromatic N) is 3. The third kappa shape index (κ3) is 1.80. The van der Waals surface area contributed by atoms with Crippen LogP contribution in [0.1, 0.15) is 21.7 Å². The Hall–Kier alpha value is -2.21. The van der Waals surface area contributed by atoms with Gasteiger partial charge in [0.1, 0.15) is 0 Å². The summed E-state index contributed by atoms with van der Waals surface area (Å²) < 4.78 is 1.59. The molecule has 6 heteroatoms. The van der Waals surface area contributed by atoms with Crippen LogP contribution >= 0.6 is 11.3 Å². The van der Waals surface area contributed by atoms with Crippen LogP contribution in [0, 0.1) is 13.8 Å². The molecule has 0 amide bonds. The minimum atomic E-state index is -1.07. The summed E-state index contributed by atoms with van der Waals surface area (Å²) >= 11 is 1.39. The van der Waals surface area contributed by atoms with E-state index in [9.17, 15) is 4.79 Å². The van der Waals surface area contributed by atoms with Crippen molar-refractivity contribution in [3.8, 4) is 11.3 Å². The summed E-state index contributed by atoms with van der Waals surface area (Å²) in [5.41, 5.74) is 4.10. The van der Waals surface area contributed by atoms with Crippen molar-refractivity contribution in [3.05, 3.63) is 40.5 Å². The Morgan fingerprint density at radius 2 is 2.11 bits per heavy atom. The zero-order valence-corrected chi connectivity index (χ0v) is 11.2. The third-order valence-corrected chi connectivity index (χ3v) is 3.82. The lowest BCUT2D eigenvalue weighted by atomic mass is 10.0. The highest BCUT2D eigenvalue weighted by molar-refractivity contribution is 7.15. The van der Waals surface area contributed by atoms with Crippen molar-refractivity contribution in [2.75, 3.05) is 0 Å². The van der Waals surface area contributed by atoms with Gasteiger partial charge >= 0.3 is 5.97 Å². The number of aromatic carboxylic acids is 1. The molecule has 1 aromatic carbocycles. The van der Waals surface area contributed by atoms with E-state index in [0.29, 0.717) is 4.96 Å². The average Bonchev–Trinajstić information content (AvgIpc) is 2.90. The van der Waals surface area contributed by atoms with Gasteiger partial charge in [-0.15, -0.1) is 21.5 Å². The summed E-state index contributed by atoms with van der Waals surface area (Å²) in [4.78, 5) is 11.8. The number of hydrogen-bond acceptors (Lipinski definition) is 4. The van der Waals surface area contributed by atoms with Crippen molar-refractivity contribution in [2.24, 2.45) is 0 Å². The molecule has 1 N–H and O–H groups in total. The van der Waals surface area contributed by atoms with Crippen LogP contribution in [0.2, 0.25) is 0 Å². The second-order valence-electron chi connectivity index (χ2n) is 4.39. The molecule has 0 saturated carbocycles. The summed E-state index contributed by atoms with van der Waals surface area (Å²) in [5, 5.41) is 18.7. The molecule has 0 radical (unpaired) electrons. The van der Waals surface area contributed by atoms with Gasteiger partial charge in [0.05, 0.1) is 5.69 Å². The van der Waals surface area contributed by atoms with E-state index in [1.165, 1.54) is 16.9 Å². The van der Waals surface area contributed by atoms with Gasteiger partial charge < -0.3 is 5.11 Å². The smallest absolute Gasteiger partial charge is 0.374 e. The fourth-order valence-electron chi connectivity index (χ4n) is 2.15. The fraction of sp³-hybridized carbons (Fsp3) is 0.154. The van der Waals surface area contributed by atoms with E-state index < -0.39 is 5.97 Å². The summed E-state index contributed by atoms with van der Waals surface area (Å²) in [5.74, 6) is -1.12. The van der Waals surface area contributed by atoms with Crippen LogP contribution in [-0.4, -0.2) is 25.7 Å². The van der Waals surface area contributed by atoms with Crippen molar-refractivity contribution in [2.45, 2.75) is 13.8 Å². The van der Waals surface area contributed by atoms with Crippen LogP contribution in [0.4, 0.5) is 0 Å². The highest BCUT2D eigenvalue weighted by Crippen LogP contribution is 2.29. The Labute approximate surface area is 113 Å². The van der Waals surface area contributed by atoms with Crippen molar-refractivity contribution < 1.29 is 9.90 Å². The molecule has 0 aliphatic carbocycles. The van der Waals surface area contributed by atoms with Crippen LogP contribution in [-0.2, 0) is 0 Å². The molecule has 0 spiro atoms. The van der Waals surface area contributed by atoms with Crippen molar-refractivity contribution in [1.29, 1.82) is 0 Å². The summed E-state index contributed by atoms with van der Waals surface area (Å²) in [6.45, 7) is 4.04. The molecule has 3 aromatic rings. The quantitative estimate of drug-likeness (QED) is 0.779. The van der Waals surface area contributed by atoms with Gasteiger partial charge in [0.25, 0.3) is 0 Å². The molecule has 0 unspecified atom stereocenters. The number of carboxylic acids is 1. The first-order valence-electron chi connectivity index (χ1n) is 5.71. The van der Waals surface area contributed by atoms with E-state index in [2.05, 4.69) is 16.3 Å². The van der Waals surface area contributed by atoms with E-state index in [0.717, 1.165) is 16.8 Å². The van der Waals surface area contributed by atoms with Gasteiger partial charge in [-0.25, -0.2) is 4.79 Å². The number of carbonyl (C=O) groups is 1. The number of rotatable bonds is 2. The minimum absolute atomic E-state index is 0.0498. The molecule has 2 heterocycles. The van der Waals surface area contributed by atoms with E-state index >= 15 is 0 Å².